The van der Waals surface area contributed by atoms with Crippen LogP contribution in [0.5, 0.6) is 0 Å². The van der Waals surface area contributed by atoms with E-state index in [1.807, 2.05) is 13.8 Å². The van der Waals surface area contributed by atoms with Gasteiger partial charge in [0.2, 0.25) is 0 Å². The molecular formula is C16H26O3. The van der Waals surface area contributed by atoms with Gasteiger partial charge in [0.1, 0.15) is 12.4 Å². The Kier molecular flexibility index (Phi) is 3.76. The summed E-state index contributed by atoms with van der Waals surface area (Å²) >= 11 is 0. The molecule has 0 heterocycles. The third-order valence-corrected chi connectivity index (χ3v) is 5.58. The highest BCUT2D eigenvalue weighted by molar-refractivity contribution is 5.66. The molecule has 108 valence electrons. The van der Waals surface area contributed by atoms with Crippen LogP contribution >= 0.6 is 0 Å². The third-order valence-electron chi connectivity index (χ3n) is 5.58. The number of ether oxygens (including phenoxy) is 1. The average Bonchev–Trinajstić information content (AvgIpc) is 2.67. The quantitative estimate of drug-likeness (QED) is 0.581. The first-order chi connectivity index (χ1) is 8.81. The largest absolute Gasteiger partial charge is 0.462 e. The summed E-state index contributed by atoms with van der Waals surface area (Å²) in [5.41, 5.74) is -0.135. The fraction of sp³-hybridized carbons (Fsp3) is 0.875. The Morgan fingerprint density at radius 3 is 2.58 bits per heavy atom. The molecule has 2 aliphatic carbocycles. The van der Waals surface area contributed by atoms with Crippen LogP contribution in [0.25, 0.3) is 0 Å². The monoisotopic (exact) mass is 266 g/mol. The molecule has 3 nitrogen and oxygen atoms in total. The Labute approximate surface area is 116 Å². The average molecular weight is 266 g/mol. The molecule has 2 rings (SSSR count). The third kappa shape index (κ3) is 2.44. The Morgan fingerprint density at radius 1 is 1.32 bits per heavy atom. The lowest BCUT2D eigenvalue weighted by molar-refractivity contribution is -0.156. The van der Waals surface area contributed by atoms with Gasteiger partial charge in [-0.2, -0.15) is 0 Å². The Morgan fingerprint density at radius 2 is 2.00 bits per heavy atom. The molecule has 2 saturated carbocycles. The van der Waals surface area contributed by atoms with Gasteiger partial charge in [-0.05, 0) is 43.4 Å². The first-order valence-electron chi connectivity index (χ1n) is 7.45. The van der Waals surface area contributed by atoms with E-state index >= 15 is 0 Å². The topological polar surface area (TPSA) is 43.4 Å². The molecule has 0 spiro atoms. The lowest BCUT2D eigenvalue weighted by atomic mass is 9.58. The minimum absolute atomic E-state index is 0.0590. The van der Waals surface area contributed by atoms with Crippen molar-refractivity contribution in [3.8, 4) is 0 Å². The standard InChI is InChI=1S/C16H26O3/c1-11(18)19-13-6-5-9-16(4)12(13)7-8-14(16)15(2,3)10-17/h10,12-14H,5-9H2,1-4H3/t12-,13-,14+,16-/m0/s1. The maximum atomic E-state index is 11.4. The molecule has 0 aliphatic heterocycles. The molecule has 0 N–H and O–H groups in total. The van der Waals surface area contributed by atoms with Crippen LogP contribution in [-0.4, -0.2) is 18.4 Å². The normalized spacial score (nSPS) is 38.6. The van der Waals surface area contributed by atoms with Crippen molar-refractivity contribution < 1.29 is 14.3 Å². The molecule has 3 heteroatoms. The van der Waals surface area contributed by atoms with E-state index in [0.29, 0.717) is 11.8 Å². The van der Waals surface area contributed by atoms with Gasteiger partial charge in [0.15, 0.2) is 0 Å². The zero-order chi connectivity index (χ0) is 14.3. The van der Waals surface area contributed by atoms with Crippen LogP contribution in [0.4, 0.5) is 0 Å². The zero-order valence-corrected chi connectivity index (χ0v) is 12.6. The number of fused-ring (bicyclic) bond motifs is 1. The molecule has 0 saturated heterocycles. The molecular weight excluding hydrogens is 240 g/mol. The molecule has 0 bridgehead atoms. The minimum atomic E-state index is -0.276. The van der Waals surface area contributed by atoms with Crippen molar-refractivity contribution in [1.29, 1.82) is 0 Å². The second kappa shape index (κ2) is 4.92. The van der Waals surface area contributed by atoms with E-state index in [-0.39, 0.29) is 22.9 Å². The first-order valence-corrected chi connectivity index (χ1v) is 7.45. The van der Waals surface area contributed by atoms with E-state index in [9.17, 15) is 9.59 Å². The first kappa shape index (κ1) is 14.5. The lowest BCUT2D eigenvalue weighted by Crippen LogP contribution is -2.45. The van der Waals surface area contributed by atoms with Gasteiger partial charge in [-0.25, -0.2) is 0 Å². The predicted octanol–water partition coefficient (Wildman–Crippen LogP) is 3.36. The highest BCUT2D eigenvalue weighted by Gasteiger charge is 2.56. The van der Waals surface area contributed by atoms with Crippen molar-refractivity contribution in [2.75, 3.05) is 0 Å². The van der Waals surface area contributed by atoms with E-state index in [0.717, 1.165) is 38.4 Å². The molecule has 0 aromatic heterocycles. The fourth-order valence-electron chi connectivity index (χ4n) is 4.78. The second-order valence-corrected chi connectivity index (χ2v) is 7.22. The van der Waals surface area contributed by atoms with E-state index < -0.39 is 0 Å². The predicted molar refractivity (Wildman–Crippen MR) is 73.6 cm³/mol. The molecule has 19 heavy (non-hydrogen) atoms. The van der Waals surface area contributed by atoms with Gasteiger partial charge in [-0.1, -0.05) is 20.8 Å². The number of hydrogen-bond acceptors (Lipinski definition) is 3. The van der Waals surface area contributed by atoms with Gasteiger partial charge in [-0.3, -0.25) is 4.79 Å². The van der Waals surface area contributed by atoms with Crippen molar-refractivity contribution in [2.45, 2.75) is 65.9 Å². The number of carbonyl (C=O) groups excluding carboxylic acids is 2. The molecule has 0 unspecified atom stereocenters. The van der Waals surface area contributed by atoms with E-state index in [1.165, 1.54) is 6.92 Å². The smallest absolute Gasteiger partial charge is 0.302 e. The van der Waals surface area contributed by atoms with Crippen molar-refractivity contribution >= 4 is 12.3 Å². The molecule has 2 fully saturated rings. The van der Waals surface area contributed by atoms with Crippen LogP contribution in [0.2, 0.25) is 0 Å². The Bertz CT molecular complexity index is 374. The Balaban J connectivity index is 2.23. The molecule has 0 amide bonds. The van der Waals surface area contributed by atoms with Gasteiger partial charge < -0.3 is 9.53 Å². The summed E-state index contributed by atoms with van der Waals surface area (Å²) in [6, 6.07) is 0. The zero-order valence-electron chi connectivity index (χ0n) is 12.6. The molecule has 0 radical (unpaired) electrons. The summed E-state index contributed by atoms with van der Waals surface area (Å²) < 4.78 is 5.54. The van der Waals surface area contributed by atoms with Gasteiger partial charge >= 0.3 is 5.97 Å². The molecule has 0 aromatic rings. The van der Waals surface area contributed by atoms with E-state index in [4.69, 9.17) is 4.74 Å². The number of aldehydes is 1. The van der Waals surface area contributed by atoms with Crippen molar-refractivity contribution in [3.63, 3.8) is 0 Å². The molecule has 4 atom stereocenters. The second-order valence-electron chi connectivity index (χ2n) is 7.22. The summed E-state index contributed by atoms with van der Waals surface area (Å²) in [7, 11) is 0. The van der Waals surface area contributed by atoms with E-state index in [2.05, 4.69) is 6.92 Å². The van der Waals surface area contributed by atoms with Crippen LogP contribution in [0.1, 0.15) is 59.8 Å². The van der Waals surface area contributed by atoms with Crippen LogP contribution < -0.4 is 0 Å². The number of hydrogen-bond donors (Lipinski definition) is 0. The van der Waals surface area contributed by atoms with Crippen molar-refractivity contribution in [3.05, 3.63) is 0 Å². The summed E-state index contributed by atoms with van der Waals surface area (Å²) in [5, 5.41) is 0. The SMILES string of the molecule is CC(=O)O[C@H]1CCC[C@]2(C)[C@@H](C(C)(C)C=O)CC[C@@H]12. The number of esters is 1. The number of carbonyl (C=O) groups is 2. The van der Waals surface area contributed by atoms with Crippen LogP contribution in [0.3, 0.4) is 0 Å². The summed E-state index contributed by atoms with van der Waals surface area (Å²) in [5.74, 6) is 0.655. The molecule has 0 aromatic carbocycles. The maximum Gasteiger partial charge on any atom is 0.302 e. The van der Waals surface area contributed by atoms with Crippen LogP contribution in [-0.2, 0) is 14.3 Å². The van der Waals surface area contributed by atoms with Crippen molar-refractivity contribution in [2.24, 2.45) is 22.7 Å². The van der Waals surface area contributed by atoms with Gasteiger partial charge in [0.05, 0.1) is 0 Å². The Hall–Kier alpha value is -0.860. The summed E-state index contributed by atoms with van der Waals surface area (Å²) in [6.45, 7) is 7.89. The van der Waals surface area contributed by atoms with Gasteiger partial charge in [-0.15, -0.1) is 0 Å². The maximum absolute atomic E-state index is 11.4. The number of rotatable bonds is 3. The summed E-state index contributed by atoms with van der Waals surface area (Å²) in [6.07, 6.45) is 6.55. The minimum Gasteiger partial charge on any atom is -0.462 e. The van der Waals surface area contributed by atoms with Gasteiger partial charge in [0.25, 0.3) is 0 Å². The summed E-state index contributed by atoms with van der Waals surface area (Å²) in [4.78, 5) is 22.7. The van der Waals surface area contributed by atoms with Crippen molar-refractivity contribution in [1.82, 2.24) is 0 Å². The lowest BCUT2D eigenvalue weighted by Gasteiger charge is -2.47. The van der Waals surface area contributed by atoms with E-state index in [1.54, 1.807) is 0 Å². The highest BCUT2D eigenvalue weighted by Crippen LogP contribution is 2.60. The van der Waals surface area contributed by atoms with Gasteiger partial charge in [0, 0.05) is 18.3 Å². The fourth-order valence-corrected chi connectivity index (χ4v) is 4.78. The highest BCUT2D eigenvalue weighted by atomic mass is 16.5. The van der Waals surface area contributed by atoms with Crippen LogP contribution in [0, 0.1) is 22.7 Å². The molecule has 2 aliphatic rings. The van der Waals surface area contributed by atoms with Crippen LogP contribution in [0.15, 0.2) is 0 Å².